The van der Waals surface area contributed by atoms with Gasteiger partial charge in [-0.1, -0.05) is 36.4 Å². The number of hydrogen-bond donors (Lipinski definition) is 1. The van der Waals surface area contributed by atoms with Crippen LogP contribution in [0.2, 0.25) is 0 Å². The quantitative estimate of drug-likeness (QED) is 0.377. The topological polar surface area (TPSA) is 107 Å². The summed E-state index contributed by atoms with van der Waals surface area (Å²) in [4.78, 5) is 21.7. The van der Waals surface area contributed by atoms with Crippen LogP contribution in [0.3, 0.4) is 0 Å². The van der Waals surface area contributed by atoms with E-state index < -0.39 is 15.1 Å². The molecule has 4 aromatic rings. The maximum Gasteiger partial charge on any atom is 0.258 e. The standard InChI is InChI=1S/C28H32N4O4S/c1-19-15-21(17-32(2)26(19)34)20-11-12-24-23(16-20)25(30-27(29-24)31-37(4,5)35)28(18-33,13-14-36-3)22-9-7-6-8-10-22/h6-12,15-17,33H,13-14,18H2,1-5H3. The minimum Gasteiger partial charge on any atom is -0.395 e. The number of fused-ring (bicyclic) bond motifs is 1. The van der Waals surface area contributed by atoms with E-state index in [1.54, 1.807) is 31.8 Å². The maximum atomic E-state index is 12.6. The number of nitrogens with zero attached hydrogens (tertiary/aromatic N) is 4. The van der Waals surface area contributed by atoms with E-state index in [9.17, 15) is 14.1 Å². The number of pyridine rings is 1. The van der Waals surface area contributed by atoms with Crippen LogP contribution < -0.4 is 5.56 Å². The summed E-state index contributed by atoms with van der Waals surface area (Å²) in [6.07, 6.45) is 5.32. The number of methoxy groups -OCH3 is 1. The fraction of sp³-hybridized carbons (Fsp3) is 0.321. The first-order valence-corrected chi connectivity index (χ1v) is 14.2. The number of rotatable bonds is 8. The minimum absolute atomic E-state index is 0.0505. The molecule has 1 N–H and O–H groups in total. The predicted octanol–water partition coefficient (Wildman–Crippen LogP) is 3.98. The molecule has 1 atom stereocenters. The van der Waals surface area contributed by atoms with Gasteiger partial charge in [-0.25, -0.2) is 14.2 Å². The molecule has 0 saturated carbocycles. The average Bonchev–Trinajstić information content (AvgIpc) is 2.87. The monoisotopic (exact) mass is 520 g/mol. The number of aromatic nitrogens is 3. The second-order valence-corrected chi connectivity index (χ2v) is 12.1. The van der Waals surface area contributed by atoms with Gasteiger partial charge in [0.05, 0.1) is 23.2 Å². The van der Waals surface area contributed by atoms with Crippen molar-refractivity contribution in [3.63, 3.8) is 0 Å². The van der Waals surface area contributed by atoms with Crippen molar-refractivity contribution in [3.05, 3.63) is 88.0 Å². The van der Waals surface area contributed by atoms with Gasteiger partial charge in [0, 0.05) is 60.2 Å². The maximum absolute atomic E-state index is 12.6. The third kappa shape index (κ3) is 5.49. The summed E-state index contributed by atoms with van der Waals surface area (Å²) in [6, 6.07) is 17.3. The SMILES string of the molecule is COCCC(CO)(c1ccccc1)c1nc(N=S(C)(C)=O)nc2ccc(-c3cc(C)c(=O)n(C)c3)cc12. The van der Waals surface area contributed by atoms with Crippen molar-refractivity contribution >= 4 is 26.6 Å². The number of benzene rings is 2. The first kappa shape index (κ1) is 26.7. The third-order valence-corrected chi connectivity index (χ3v) is 7.07. The zero-order chi connectivity index (χ0) is 26.8. The van der Waals surface area contributed by atoms with Crippen LogP contribution in [-0.2, 0) is 26.9 Å². The van der Waals surface area contributed by atoms with Gasteiger partial charge in [0.2, 0.25) is 0 Å². The molecule has 0 aliphatic heterocycles. The highest BCUT2D eigenvalue weighted by Crippen LogP contribution is 2.40. The molecular formula is C28H32N4O4S. The lowest BCUT2D eigenvalue weighted by Crippen LogP contribution is -2.35. The van der Waals surface area contributed by atoms with Crippen molar-refractivity contribution in [2.75, 3.05) is 32.8 Å². The largest absolute Gasteiger partial charge is 0.395 e. The fourth-order valence-corrected chi connectivity index (χ4v) is 5.09. The highest BCUT2D eigenvalue weighted by Gasteiger charge is 2.37. The summed E-state index contributed by atoms with van der Waals surface area (Å²) < 4.78 is 23.8. The average molecular weight is 521 g/mol. The predicted molar refractivity (Wildman–Crippen MR) is 148 cm³/mol. The van der Waals surface area contributed by atoms with Crippen LogP contribution >= 0.6 is 0 Å². The van der Waals surface area contributed by atoms with E-state index >= 15 is 0 Å². The Morgan fingerprint density at radius 1 is 1.08 bits per heavy atom. The van der Waals surface area contributed by atoms with E-state index in [4.69, 9.17) is 9.72 Å². The van der Waals surface area contributed by atoms with Crippen LogP contribution in [0.25, 0.3) is 22.0 Å². The highest BCUT2D eigenvalue weighted by atomic mass is 32.2. The molecule has 194 valence electrons. The van der Waals surface area contributed by atoms with Crippen molar-refractivity contribution in [2.45, 2.75) is 18.8 Å². The summed E-state index contributed by atoms with van der Waals surface area (Å²) in [7, 11) is 0.818. The first-order valence-electron chi connectivity index (χ1n) is 11.9. The Kier molecular flexibility index (Phi) is 7.59. The first-order chi connectivity index (χ1) is 17.6. The van der Waals surface area contributed by atoms with Crippen molar-refractivity contribution in [2.24, 2.45) is 11.4 Å². The zero-order valence-corrected chi connectivity index (χ0v) is 22.6. The lowest BCUT2D eigenvalue weighted by molar-refractivity contribution is 0.142. The molecule has 0 aliphatic carbocycles. The Bertz CT molecular complexity index is 1590. The summed E-state index contributed by atoms with van der Waals surface area (Å²) in [5, 5.41) is 11.7. The van der Waals surface area contributed by atoms with Crippen molar-refractivity contribution < 1.29 is 14.1 Å². The number of ether oxygens (including phenoxy) is 1. The molecular weight excluding hydrogens is 488 g/mol. The molecule has 0 saturated heterocycles. The van der Waals surface area contributed by atoms with E-state index in [0.29, 0.717) is 29.8 Å². The molecule has 2 heterocycles. The van der Waals surface area contributed by atoms with Gasteiger partial charge in [0.25, 0.3) is 11.5 Å². The minimum atomic E-state index is -2.53. The number of aryl methyl sites for hydroxylation is 2. The molecule has 37 heavy (non-hydrogen) atoms. The normalized spacial score (nSPS) is 13.5. The van der Waals surface area contributed by atoms with Crippen LogP contribution in [0.4, 0.5) is 5.95 Å². The molecule has 0 fully saturated rings. The summed E-state index contributed by atoms with van der Waals surface area (Å²) in [6.45, 7) is 1.94. The Hall–Kier alpha value is -3.40. The third-order valence-electron chi connectivity index (χ3n) is 6.46. The van der Waals surface area contributed by atoms with Gasteiger partial charge in [0.15, 0.2) is 0 Å². The van der Waals surface area contributed by atoms with E-state index in [2.05, 4.69) is 9.35 Å². The fourth-order valence-electron chi connectivity index (χ4n) is 4.61. The van der Waals surface area contributed by atoms with Gasteiger partial charge in [-0.05, 0) is 48.2 Å². The van der Waals surface area contributed by atoms with Crippen LogP contribution in [0.5, 0.6) is 0 Å². The smallest absolute Gasteiger partial charge is 0.258 e. The summed E-state index contributed by atoms with van der Waals surface area (Å²) in [5.41, 5.74) is 3.48. The molecule has 0 aliphatic rings. The van der Waals surface area contributed by atoms with Crippen molar-refractivity contribution in [3.8, 4) is 11.1 Å². The van der Waals surface area contributed by atoms with Gasteiger partial charge in [0.1, 0.15) is 0 Å². The molecule has 0 bridgehead atoms. The van der Waals surface area contributed by atoms with E-state index in [1.165, 1.54) is 12.5 Å². The van der Waals surface area contributed by atoms with Gasteiger partial charge >= 0.3 is 0 Å². The second kappa shape index (κ2) is 10.5. The number of aliphatic hydroxyl groups is 1. The Labute approximate surface area is 217 Å². The number of hydrogen-bond acceptors (Lipinski definition) is 7. The Morgan fingerprint density at radius 2 is 1.81 bits per heavy atom. The molecule has 8 nitrogen and oxygen atoms in total. The molecule has 2 aromatic heterocycles. The molecule has 0 spiro atoms. The molecule has 2 aromatic carbocycles. The van der Waals surface area contributed by atoms with Gasteiger partial charge in [-0.2, -0.15) is 4.36 Å². The molecule has 0 radical (unpaired) electrons. The van der Waals surface area contributed by atoms with Crippen molar-refractivity contribution in [1.82, 2.24) is 14.5 Å². The van der Waals surface area contributed by atoms with Crippen LogP contribution in [0.15, 0.2) is 70.0 Å². The van der Waals surface area contributed by atoms with Crippen LogP contribution in [0.1, 0.15) is 23.2 Å². The van der Waals surface area contributed by atoms with Crippen LogP contribution in [-0.4, -0.2) is 56.7 Å². The van der Waals surface area contributed by atoms with E-state index in [-0.39, 0.29) is 18.1 Å². The molecule has 4 rings (SSSR count). The highest BCUT2D eigenvalue weighted by molar-refractivity contribution is 7.92. The van der Waals surface area contributed by atoms with Gasteiger partial charge in [-0.15, -0.1) is 0 Å². The van der Waals surface area contributed by atoms with Gasteiger partial charge in [-0.3, -0.25) is 4.79 Å². The molecule has 9 heteroatoms. The lowest BCUT2D eigenvalue weighted by atomic mass is 9.74. The van der Waals surface area contributed by atoms with E-state index in [1.807, 2.05) is 54.6 Å². The second-order valence-electron chi connectivity index (χ2n) is 9.55. The molecule has 0 amide bonds. The number of aliphatic hydroxyl groups excluding tert-OH is 1. The molecule has 1 unspecified atom stereocenters. The lowest BCUT2D eigenvalue weighted by Gasteiger charge is -2.33. The summed E-state index contributed by atoms with van der Waals surface area (Å²) >= 11 is 0. The van der Waals surface area contributed by atoms with Crippen LogP contribution in [0, 0.1) is 6.92 Å². The van der Waals surface area contributed by atoms with Gasteiger partial charge < -0.3 is 14.4 Å². The summed E-state index contributed by atoms with van der Waals surface area (Å²) in [5.74, 6) is 0.106. The van der Waals surface area contributed by atoms with E-state index in [0.717, 1.165) is 22.1 Å². The Morgan fingerprint density at radius 3 is 2.43 bits per heavy atom. The van der Waals surface area contributed by atoms with Crippen molar-refractivity contribution in [1.29, 1.82) is 0 Å². The Balaban J connectivity index is 2.09. The zero-order valence-electron chi connectivity index (χ0n) is 21.8.